The first-order valence-corrected chi connectivity index (χ1v) is 9.99. The number of aryl methyl sites for hydroxylation is 2. The molecule has 4 heteroatoms. The highest BCUT2D eigenvalue weighted by molar-refractivity contribution is 5.60. The zero-order valence-electron chi connectivity index (χ0n) is 16.3. The normalized spacial score (nSPS) is 17.9. The molecule has 1 saturated heterocycles. The molecule has 1 fully saturated rings. The second-order valence-electron chi connectivity index (χ2n) is 7.52. The smallest absolute Gasteiger partial charge is 0.122 e. The Balaban J connectivity index is 1.50. The van der Waals surface area contributed by atoms with Crippen LogP contribution in [0.2, 0.25) is 0 Å². The van der Waals surface area contributed by atoms with Crippen molar-refractivity contribution in [2.75, 3.05) is 13.1 Å². The molecular weight excluding hydrogens is 332 g/mol. The van der Waals surface area contributed by atoms with Crippen LogP contribution in [0.4, 0.5) is 0 Å². The molecule has 0 aliphatic carbocycles. The lowest BCUT2D eigenvalue weighted by atomic mass is 9.93. The number of benzene rings is 1. The summed E-state index contributed by atoms with van der Waals surface area (Å²) in [5.41, 5.74) is 4.77. The average Bonchev–Trinajstić information content (AvgIpc) is 3.15. The fraction of sp³-hybridized carbons (Fsp3) is 0.391. The molecule has 0 amide bonds. The summed E-state index contributed by atoms with van der Waals surface area (Å²) in [6.45, 7) is 8.41. The fourth-order valence-electron chi connectivity index (χ4n) is 4.06. The maximum atomic E-state index is 5.03. The minimum absolute atomic E-state index is 0.494. The third kappa shape index (κ3) is 4.11. The summed E-state index contributed by atoms with van der Waals surface area (Å²) in [5, 5.41) is 0. The third-order valence-electron chi connectivity index (χ3n) is 5.52. The lowest BCUT2D eigenvalue weighted by molar-refractivity contribution is 0.192. The van der Waals surface area contributed by atoms with Crippen LogP contribution in [0.3, 0.4) is 0 Å². The van der Waals surface area contributed by atoms with E-state index in [4.69, 9.17) is 4.98 Å². The zero-order chi connectivity index (χ0) is 18.6. The molecule has 1 aliphatic heterocycles. The van der Waals surface area contributed by atoms with E-state index in [-0.39, 0.29) is 0 Å². The first kappa shape index (κ1) is 17.9. The number of imidazole rings is 1. The van der Waals surface area contributed by atoms with Crippen LogP contribution < -0.4 is 0 Å². The molecular formula is C23H28N4. The van der Waals surface area contributed by atoms with Crippen LogP contribution in [-0.2, 0) is 13.1 Å². The number of aromatic nitrogens is 3. The van der Waals surface area contributed by atoms with Gasteiger partial charge >= 0.3 is 0 Å². The second kappa shape index (κ2) is 8.05. The van der Waals surface area contributed by atoms with Crippen LogP contribution >= 0.6 is 0 Å². The van der Waals surface area contributed by atoms with Gasteiger partial charge in [-0.2, -0.15) is 0 Å². The monoisotopic (exact) mass is 360 g/mol. The number of hydrogen-bond acceptors (Lipinski definition) is 3. The molecule has 140 valence electrons. The maximum Gasteiger partial charge on any atom is 0.122 e. The highest BCUT2D eigenvalue weighted by Gasteiger charge is 2.23. The quantitative estimate of drug-likeness (QED) is 0.664. The Labute approximate surface area is 161 Å². The lowest BCUT2D eigenvalue weighted by Gasteiger charge is -2.32. The van der Waals surface area contributed by atoms with Crippen molar-refractivity contribution in [2.45, 2.75) is 45.7 Å². The van der Waals surface area contributed by atoms with Crippen molar-refractivity contribution >= 4 is 0 Å². The van der Waals surface area contributed by atoms with Crippen LogP contribution in [0.1, 0.15) is 42.8 Å². The molecule has 0 radical (unpaired) electrons. The molecule has 27 heavy (non-hydrogen) atoms. The van der Waals surface area contributed by atoms with Gasteiger partial charge in [-0.3, -0.25) is 9.88 Å². The molecule has 2 aromatic heterocycles. The van der Waals surface area contributed by atoms with Crippen LogP contribution in [0.15, 0.2) is 54.9 Å². The average molecular weight is 361 g/mol. The first-order chi connectivity index (χ1) is 13.2. The minimum Gasteiger partial charge on any atom is -0.334 e. The molecule has 0 N–H and O–H groups in total. The van der Waals surface area contributed by atoms with E-state index in [1.807, 2.05) is 6.20 Å². The van der Waals surface area contributed by atoms with Gasteiger partial charge in [-0.25, -0.2) is 4.98 Å². The Bertz CT molecular complexity index is 899. The fourth-order valence-corrected chi connectivity index (χ4v) is 4.06. The Hall–Kier alpha value is -2.46. The van der Waals surface area contributed by atoms with Crippen LogP contribution in [0, 0.1) is 6.92 Å². The van der Waals surface area contributed by atoms with E-state index < -0.39 is 0 Å². The summed E-state index contributed by atoms with van der Waals surface area (Å²) in [5.74, 6) is 1.66. The van der Waals surface area contributed by atoms with Crippen molar-refractivity contribution in [3.8, 4) is 11.3 Å². The van der Waals surface area contributed by atoms with E-state index in [1.165, 1.54) is 35.5 Å². The summed E-state index contributed by atoms with van der Waals surface area (Å²) in [7, 11) is 0. The molecule has 0 spiro atoms. The van der Waals surface area contributed by atoms with Crippen molar-refractivity contribution in [3.05, 3.63) is 71.9 Å². The van der Waals surface area contributed by atoms with E-state index in [2.05, 4.69) is 77.0 Å². The van der Waals surface area contributed by atoms with E-state index in [9.17, 15) is 0 Å². The zero-order valence-corrected chi connectivity index (χ0v) is 16.3. The summed E-state index contributed by atoms with van der Waals surface area (Å²) in [6.07, 6.45) is 6.41. The second-order valence-corrected chi connectivity index (χ2v) is 7.52. The standard InChI is InChI=1S/C23H28N4/c1-3-27-14-12-24-23(27)17-26-13-6-9-20(16-26)22-11-5-10-21(25-22)19-8-4-7-18(2)15-19/h4-5,7-8,10-12,14-15,20H,3,6,9,13,16-17H2,1-2H3/t20-/m0/s1. The molecule has 1 atom stereocenters. The van der Waals surface area contributed by atoms with E-state index in [0.717, 1.165) is 31.9 Å². The van der Waals surface area contributed by atoms with Crippen LogP contribution in [0.5, 0.6) is 0 Å². The Morgan fingerprint density at radius 1 is 1.15 bits per heavy atom. The molecule has 0 unspecified atom stereocenters. The molecule has 4 nitrogen and oxygen atoms in total. The third-order valence-corrected chi connectivity index (χ3v) is 5.52. The molecule has 4 rings (SSSR count). The van der Waals surface area contributed by atoms with Gasteiger partial charge < -0.3 is 4.57 Å². The van der Waals surface area contributed by atoms with Gasteiger partial charge in [-0.05, 0) is 51.4 Å². The number of piperidine rings is 1. The largest absolute Gasteiger partial charge is 0.334 e. The van der Waals surface area contributed by atoms with Crippen molar-refractivity contribution in [1.29, 1.82) is 0 Å². The van der Waals surface area contributed by atoms with E-state index >= 15 is 0 Å². The highest BCUT2D eigenvalue weighted by atomic mass is 15.2. The van der Waals surface area contributed by atoms with Gasteiger partial charge in [0, 0.05) is 42.7 Å². The molecule has 3 aromatic rings. The van der Waals surface area contributed by atoms with Crippen molar-refractivity contribution < 1.29 is 0 Å². The van der Waals surface area contributed by atoms with Gasteiger partial charge in [0.25, 0.3) is 0 Å². The molecule has 1 aromatic carbocycles. The van der Waals surface area contributed by atoms with Gasteiger partial charge in [-0.15, -0.1) is 0 Å². The summed E-state index contributed by atoms with van der Waals surface area (Å²) in [4.78, 5) is 12.1. The van der Waals surface area contributed by atoms with Crippen molar-refractivity contribution in [1.82, 2.24) is 19.4 Å². The predicted molar refractivity (Wildman–Crippen MR) is 110 cm³/mol. The summed E-state index contributed by atoms with van der Waals surface area (Å²) >= 11 is 0. The lowest BCUT2D eigenvalue weighted by Crippen LogP contribution is -2.35. The summed E-state index contributed by atoms with van der Waals surface area (Å²) < 4.78 is 2.24. The van der Waals surface area contributed by atoms with Crippen LogP contribution in [0.25, 0.3) is 11.3 Å². The SMILES string of the molecule is CCn1ccnc1CN1CCC[C@H](c2cccc(-c3cccc(C)c3)n2)C1. The number of pyridine rings is 1. The molecule has 1 aliphatic rings. The van der Waals surface area contributed by atoms with Crippen LogP contribution in [-0.4, -0.2) is 32.5 Å². The van der Waals surface area contributed by atoms with Crippen molar-refractivity contribution in [2.24, 2.45) is 0 Å². The highest BCUT2D eigenvalue weighted by Crippen LogP contribution is 2.28. The van der Waals surface area contributed by atoms with Gasteiger partial charge in [0.1, 0.15) is 5.82 Å². The Morgan fingerprint density at radius 2 is 2.04 bits per heavy atom. The Kier molecular flexibility index (Phi) is 5.35. The van der Waals surface area contributed by atoms with Gasteiger partial charge in [0.05, 0.1) is 12.2 Å². The number of rotatable bonds is 5. The maximum absolute atomic E-state index is 5.03. The predicted octanol–water partition coefficient (Wildman–Crippen LogP) is 4.65. The van der Waals surface area contributed by atoms with Gasteiger partial charge in [-0.1, -0.05) is 29.8 Å². The number of likely N-dealkylation sites (tertiary alicyclic amines) is 1. The topological polar surface area (TPSA) is 34.0 Å². The molecule has 0 bridgehead atoms. The van der Waals surface area contributed by atoms with Gasteiger partial charge in [0.2, 0.25) is 0 Å². The minimum atomic E-state index is 0.494. The summed E-state index contributed by atoms with van der Waals surface area (Å²) in [6, 6.07) is 15.1. The Morgan fingerprint density at radius 3 is 2.89 bits per heavy atom. The van der Waals surface area contributed by atoms with Gasteiger partial charge in [0.15, 0.2) is 0 Å². The molecule has 3 heterocycles. The number of nitrogens with zero attached hydrogens (tertiary/aromatic N) is 4. The molecule has 0 saturated carbocycles. The van der Waals surface area contributed by atoms with Crippen molar-refractivity contribution in [3.63, 3.8) is 0 Å². The van der Waals surface area contributed by atoms with E-state index in [0.29, 0.717) is 5.92 Å². The van der Waals surface area contributed by atoms with E-state index in [1.54, 1.807) is 0 Å². The first-order valence-electron chi connectivity index (χ1n) is 9.99. The number of hydrogen-bond donors (Lipinski definition) is 0.